The van der Waals surface area contributed by atoms with Gasteiger partial charge in [-0.05, 0) is 92.3 Å². The number of ether oxygens (including phenoxy) is 1. The highest BCUT2D eigenvalue weighted by atomic mass is 16.5. The van der Waals surface area contributed by atoms with Crippen molar-refractivity contribution in [1.29, 1.82) is 0 Å². The Morgan fingerprint density at radius 2 is 1.90 bits per heavy atom. The average Bonchev–Trinajstić information content (AvgIpc) is 3.35. The van der Waals surface area contributed by atoms with Crippen LogP contribution in [0.25, 0.3) is 0 Å². The predicted octanol–water partition coefficient (Wildman–Crippen LogP) is 4.49. The molecule has 1 aromatic heterocycles. The molecule has 172 valence electrons. The topological polar surface area (TPSA) is 64.3 Å². The Hall–Kier alpha value is -1.20. The van der Waals surface area contributed by atoms with Gasteiger partial charge in [0.25, 0.3) is 0 Å². The number of Topliss-reactive ketones (excluding diaryl/α,β-unsaturated/α-hetero) is 1. The molecular formula is C26H40N2O3. The summed E-state index contributed by atoms with van der Waals surface area (Å²) in [6.07, 6.45) is 15.5. The van der Waals surface area contributed by atoms with Crippen molar-refractivity contribution < 1.29 is 14.6 Å². The number of imidazole rings is 1. The lowest BCUT2D eigenvalue weighted by Crippen LogP contribution is -2.56. The second kappa shape index (κ2) is 7.69. The number of hydrogen-bond acceptors (Lipinski definition) is 4. The highest BCUT2D eigenvalue weighted by Crippen LogP contribution is 2.68. The van der Waals surface area contributed by atoms with Crippen LogP contribution in [0.5, 0.6) is 0 Å². The largest absolute Gasteiger partial charge is 0.387 e. The van der Waals surface area contributed by atoms with Gasteiger partial charge in [0.15, 0.2) is 5.78 Å². The van der Waals surface area contributed by atoms with Crippen molar-refractivity contribution in [2.45, 2.75) is 83.8 Å². The molecule has 0 unspecified atom stereocenters. The van der Waals surface area contributed by atoms with Crippen LogP contribution in [-0.2, 0) is 16.1 Å². The number of hydrogen-bond donors (Lipinski definition) is 1. The van der Waals surface area contributed by atoms with Gasteiger partial charge >= 0.3 is 0 Å². The van der Waals surface area contributed by atoms with Crippen LogP contribution in [0.15, 0.2) is 18.7 Å². The van der Waals surface area contributed by atoms with Gasteiger partial charge in [0, 0.05) is 25.4 Å². The molecule has 1 aromatic rings. The Morgan fingerprint density at radius 3 is 2.65 bits per heavy atom. The Kier molecular flexibility index (Phi) is 5.37. The van der Waals surface area contributed by atoms with E-state index < -0.39 is 5.60 Å². The van der Waals surface area contributed by atoms with Crippen LogP contribution < -0.4 is 0 Å². The first kappa shape index (κ1) is 21.6. The SMILES string of the molecule is COC[C@]1(O)CC[C@]2(C)[C@H](CC[C@@H]3[C@H]2CC[C@]2(C)[C@@H](C(=O)Cn4ccnc4)CC[C@@H]32)C1. The van der Waals surface area contributed by atoms with E-state index in [9.17, 15) is 9.90 Å². The Labute approximate surface area is 187 Å². The fraction of sp³-hybridized carbons (Fsp3) is 0.846. The normalized spacial score (nSPS) is 46.8. The zero-order valence-corrected chi connectivity index (χ0v) is 19.6. The van der Waals surface area contributed by atoms with Crippen molar-refractivity contribution in [1.82, 2.24) is 9.55 Å². The highest BCUT2D eigenvalue weighted by molar-refractivity contribution is 5.82. The third-order valence-electron chi connectivity index (χ3n) is 10.5. The van der Waals surface area contributed by atoms with Crippen LogP contribution in [0.3, 0.4) is 0 Å². The van der Waals surface area contributed by atoms with Gasteiger partial charge in [0.1, 0.15) is 0 Å². The molecule has 5 heteroatoms. The van der Waals surface area contributed by atoms with Crippen molar-refractivity contribution in [2.75, 3.05) is 13.7 Å². The van der Waals surface area contributed by atoms with Gasteiger partial charge in [-0.1, -0.05) is 13.8 Å². The molecule has 4 aliphatic carbocycles. The molecule has 0 aliphatic heterocycles. The summed E-state index contributed by atoms with van der Waals surface area (Å²) in [7, 11) is 1.70. The van der Waals surface area contributed by atoms with E-state index in [1.807, 2.05) is 10.8 Å². The van der Waals surface area contributed by atoms with Gasteiger partial charge < -0.3 is 14.4 Å². The van der Waals surface area contributed by atoms with Gasteiger partial charge in [-0.2, -0.15) is 0 Å². The van der Waals surface area contributed by atoms with E-state index >= 15 is 0 Å². The number of aromatic nitrogens is 2. The monoisotopic (exact) mass is 428 g/mol. The number of fused-ring (bicyclic) bond motifs is 5. The zero-order valence-electron chi connectivity index (χ0n) is 19.6. The van der Waals surface area contributed by atoms with Crippen LogP contribution in [0, 0.1) is 40.4 Å². The van der Waals surface area contributed by atoms with Crippen LogP contribution in [0.2, 0.25) is 0 Å². The molecule has 0 aromatic carbocycles. The summed E-state index contributed by atoms with van der Waals surface area (Å²) in [5.41, 5.74) is -0.135. The fourth-order valence-electron chi connectivity index (χ4n) is 8.92. The summed E-state index contributed by atoms with van der Waals surface area (Å²) in [6.45, 7) is 5.90. The average molecular weight is 429 g/mol. The fourth-order valence-corrected chi connectivity index (χ4v) is 8.92. The number of aliphatic hydroxyl groups is 1. The molecule has 0 radical (unpaired) electrons. The van der Waals surface area contributed by atoms with Gasteiger partial charge in [0.05, 0.1) is 25.1 Å². The minimum atomic E-state index is -0.632. The maximum atomic E-state index is 13.3. The van der Waals surface area contributed by atoms with E-state index in [-0.39, 0.29) is 11.3 Å². The highest BCUT2D eigenvalue weighted by Gasteiger charge is 2.62. The van der Waals surface area contributed by atoms with Crippen molar-refractivity contribution in [2.24, 2.45) is 40.4 Å². The third kappa shape index (κ3) is 3.42. The molecular weight excluding hydrogens is 388 g/mol. The summed E-state index contributed by atoms with van der Waals surface area (Å²) in [6, 6.07) is 0. The molecule has 4 fully saturated rings. The predicted molar refractivity (Wildman–Crippen MR) is 119 cm³/mol. The Morgan fingerprint density at radius 1 is 1.10 bits per heavy atom. The van der Waals surface area contributed by atoms with Gasteiger partial charge in [-0.3, -0.25) is 4.79 Å². The molecule has 0 saturated heterocycles. The number of carbonyl (C=O) groups excluding carboxylic acids is 1. The maximum Gasteiger partial charge on any atom is 0.156 e. The smallest absolute Gasteiger partial charge is 0.156 e. The molecule has 1 N–H and O–H groups in total. The van der Waals surface area contributed by atoms with E-state index in [0.29, 0.717) is 36.2 Å². The molecule has 0 spiro atoms. The van der Waals surface area contributed by atoms with Crippen molar-refractivity contribution in [3.05, 3.63) is 18.7 Å². The van der Waals surface area contributed by atoms with Crippen LogP contribution in [0.4, 0.5) is 0 Å². The second-order valence-electron chi connectivity index (χ2n) is 11.9. The van der Waals surface area contributed by atoms with Crippen LogP contribution in [-0.4, -0.2) is 39.8 Å². The lowest BCUT2D eigenvalue weighted by Gasteiger charge is -2.62. The second-order valence-corrected chi connectivity index (χ2v) is 11.9. The number of carbonyl (C=O) groups is 1. The number of nitrogens with zero attached hydrogens (tertiary/aromatic N) is 2. The molecule has 0 amide bonds. The molecule has 5 nitrogen and oxygen atoms in total. The molecule has 5 rings (SSSR count). The molecule has 1 heterocycles. The first-order valence-electron chi connectivity index (χ1n) is 12.5. The van der Waals surface area contributed by atoms with E-state index in [1.54, 1.807) is 19.6 Å². The maximum absolute atomic E-state index is 13.3. The van der Waals surface area contributed by atoms with Crippen molar-refractivity contribution in [3.63, 3.8) is 0 Å². The van der Waals surface area contributed by atoms with Crippen LogP contribution in [0.1, 0.15) is 71.6 Å². The van der Waals surface area contributed by atoms with Gasteiger partial charge in [0.2, 0.25) is 0 Å². The van der Waals surface area contributed by atoms with E-state index in [1.165, 1.54) is 32.1 Å². The standard InChI is InChI=1S/C26H40N2O3/c1-24-10-11-26(30,16-31-3)14-18(24)4-5-19-20-6-7-22(25(20,2)9-8-21(19)24)23(29)15-28-13-12-27-17-28/h12-13,17-22,30H,4-11,14-16H2,1-3H3/t18-,19+,20+,21-,22-,24-,25+,26+/m1/s1. The van der Waals surface area contributed by atoms with Crippen LogP contribution >= 0.6 is 0 Å². The molecule has 4 saturated carbocycles. The first-order valence-corrected chi connectivity index (χ1v) is 12.5. The van der Waals surface area contributed by atoms with Gasteiger partial charge in [-0.25, -0.2) is 4.98 Å². The van der Waals surface area contributed by atoms with E-state index in [4.69, 9.17) is 4.74 Å². The molecule has 0 bridgehead atoms. The summed E-state index contributed by atoms with van der Waals surface area (Å²) in [4.78, 5) is 17.4. The number of rotatable bonds is 5. The van der Waals surface area contributed by atoms with E-state index in [2.05, 4.69) is 18.8 Å². The summed E-state index contributed by atoms with van der Waals surface area (Å²) >= 11 is 0. The first-order chi connectivity index (χ1) is 14.8. The van der Waals surface area contributed by atoms with Crippen molar-refractivity contribution in [3.8, 4) is 0 Å². The van der Waals surface area contributed by atoms with Crippen molar-refractivity contribution >= 4 is 5.78 Å². The quantitative estimate of drug-likeness (QED) is 0.751. The minimum absolute atomic E-state index is 0.160. The molecule has 31 heavy (non-hydrogen) atoms. The lowest BCUT2D eigenvalue weighted by molar-refractivity contribution is -0.164. The third-order valence-corrected chi connectivity index (χ3v) is 10.5. The molecule has 8 atom stereocenters. The number of ketones is 1. The zero-order chi connectivity index (χ0) is 21.9. The lowest BCUT2D eigenvalue weighted by atomic mass is 9.44. The minimum Gasteiger partial charge on any atom is -0.387 e. The Balaban J connectivity index is 1.33. The van der Waals surface area contributed by atoms with Gasteiger partial charge in [-0.15, -0.1) is 0 Å². The Bertz CT molecular complexity index is 810. The molecule has 4 aliphatic rings. The summed E-state index contributed by atoms with van der Waals surface area (Å²) < 4.78 is 7.29. The van der Waals surface area contributed by atoms with E-state index in [0.717, 1.165) is 37.5 Å². The number of methoxy groups -OCH3 is 1. The summed E-state index contributed by atoms with van der Waals surface area (Å²) in [5, 5.41) is 11.0. The summed E-state index contributed by atoms with van der Waals surface area (Å²) in [5.74, 6) is 3.39.